The lowest BCUT2D eigenvalue weighted by molar-refractivity contribution is 0.456. The van der Waals surface area contributed by atoms with E-state index in [2.05, 4.69) is 71.3 Å². The van der Waals surface area contributed by atoms with E-state index in [1.807, 2.05) is 30.3 Å². The number of aromatic nitrogens is 1. The SMILES string of the molecule is OBOc1cccc2c3ccccc3n(-c3ccc(-c4ccccc4)cc3)c12. The first-order valence-electron chi connectivity index (χ1n) is 9.28. The van der Waals surface area contributed by atoms with Crippen LogP contribution in [0.25, 0.3) is 38.6 Å². The summed E-state index contributed by atoms with van der Waals surface area (Å²) in [5, 5.41) is 11.6. The minimum Gasteiger partial charge on any atom is -0.537 e. The smallest absolute Gasteiger partial charge is 0.504 e. The van der Waals surface area contributed by atoms with E-state index in [0.29, 0.717) is 5.75 Å². The largest absolute Gasteiger partial charge is 0.537 e. The van der Waals surface area contributed by atoms with Crippen LogP contribution in [-0.2, 0) is 0 Å². The highest BCUT2D eigenvalue weighted by molar-refractivity contribution is 6.19. The Bertz CT molecular complexity index is 1260. The van der Waals surface area contributed by atoms with Crippen molar-refractivity contribution in [1.82, 2.24) is 4.57 Å². The molecule has 0 aliphatic rings. The van der Waals surface area contributed by atoms with E-state index in [1.54, 1.807) is 0 Å². The summed E-state index contributed by atoms with van der Waals surface area (Å²) in [5.41, 5.74) is 5.50. The molecule has 0 saturated carbocycles. The maximum atomic E-state index is 9.35. The second-order valence-electron chi connectivity index (χ2n) is 6.69. The molecule has 5 rings (SSSR count). The summed E-state index contributed by atoms with van der Waals surface area (Å²) >= 11 is 0. The first-order chi connectivity index (χ1) is 13.9. The van der Waals surface area contributed by atoms with Crippen molar-refractivity contribution < 1.29 is 9.68 Å². The molecule has 1 heterocycles. The van der Waals surface area contributed by atoms with Gasteiger partial charge in [0.2, 0.25) is 0 Å². The normalized spacial score (nSPS) is 11.0. The molecule has 0 radical (unpaired) electrons. The third-order valence-electron chi connectivity index (χ3n) is 5.11. The third-order valence-corrected chi connectivity index (χ3v) is 5.11. The Labute approximate surface area is 163 Å². The Hall–Kier alpha value is -3.50. The van der Waals surface area contributed by atoms with Crippen LogP contribution >= 0.6 is 0 Å². The zero-order valence-corrected chi connectivity index (χ0v) is 15.2. The third kappa shape index (κ3) is 2.66. The van der Waals surface area contributed by atoms with Crippen molar-refractivity contribution in [3.05, 3.63) is 97.1 Å². The standard InChI is InChI=1S/C24H18BNO2/c27-25-28-23-12-6-10-21-20-9-4-5-11-22(20)26(24(21)23)19-15-13-18(14-16-19)17-7-2-1-3-8-17/h1-16,25,27H. The molecule has 28 heavy (non-hydrogen) atoms. The number of fused-ring (bicyclic) bond motifs is 3. The maximum absolute atomic E-state index is 9.35. The molecule has 0 aliphatic carbocycles. The molecule has 0 amide bonds. The van der Waals surface area contributed by atoms with Crippen LogP contribution in [0, 0.1) is 0 Å². The fourth-order valence-electron chi connectivity index (χ4n) is 3.87. The van der Waals surface area contributed by atoms with Gasteiger partial charge in [0, 0.05) is 16.5 Å². The lowest BCUT2D eigenvalue weighted by Crippen LogP contribution is -2.02. The van der Waals surface area contributed by atoms with Crippen molar-refractivity contribution in [2.75, 3.05) is 0 Å². The van der Waals surface area contributed by atoms with Crippen LogP contribution in [0.15, 0.2) is 97.1 Å². The van der Waals surface area contributed by atoms with E-state index in [9.17, 15) is 5.02 Å². The van der Waals surface area contributed by atoms with Gasteiger partial charge in [-0.2, -0.15) is 0 Å². The molecule has 4 aromatic carbocycles. The summed E-state index contributed by atoms with van der Waals surface area (Å²) in [6.07, 6.45) is 0. The fourth-order valence-corrected chi connectivity index (χ4v) is 3.87. The van der Waals surface area contributed by atoms with Crippen LogP contribution in [0.4, 0.5) is 0 Å². The van der Waals surface area contributed by atoms with E-state index in [1.165, 1.54) is 11.1 Å². The van der Waals surface area contributed by atoms with Crippen LogP contribution in [0.2, 0.25) is 0 Å². The van der Waals surface area contributed by atoms with Crippen molar-refractivity contribution in [3.8, 4) is 22.6 Å². The van der Waals surface area contributed by atoms with Gasteiger partial charge in [-0.25, -0.2) is 0 Å². The average molecular weight is 363 g/mol. The highest BCUT2D eigenvalue weighted by Gasteiger charge is 2.15. The second kappa shape index (κ2) is 6.91. The quantitative estimate of drug-likeness (QED) is 0.452. The monoisotopic (exact) mass is 363 g/mol. The summed E-state index contributed by atoms with van der Waals surface area (Å²) in [7, 11) is -0.354. The lowest BCUT2D eigenvalue weighted by Gasteiger charge is -2.12. The molecule has 1 N–H and O–H groups in total. The molecule has 5 aromatic rings. The molecule has 0 saturated heterocycles. The summed E-state index contributed by atoms with van der Waals surface area (Å²) < 4.78 is 7.74. The zero-order chi connectivity index (χ0) is 18.9. The van der Waals surface area contributed by atoms with Gasteiger partial charge in [-0.05, 0) is 35.4 Å². The molecule has 3 nitrogen and oxygen atoms in total. The molecule has 134 valence electrons. The van der Waals surface area contributed by atoms with Gasteiger partial charge >= 0.3 is 7.69 Å². The van der Waals surface area contributed by atoms with Crippen LogP contribution in [-0.4, -0.2) is 17.3 Å². The van der Waals surface area contributed by atoms with Gasteiger partial charge in [-0.15, -0.1) is 0 Å². The van der Waals surface area contributed by atoms with Gasteiger partial charge in [-0.1, -0.05) is 72.8 Å². The highest BCUT2D eigenvalue weighted by atomic mass is 16.5. The van der Waals surface area contributed by atoms with E-state index in [4.69, 9.17) is 4.65 Å². The van der Waals surface area contributed by atoms with Crippen LogP contribution < -0.4 is 4.65 Å². The predicted octanol–water partition coefficient (Wildman–Crippen LogP) is 5.09. The van der Waals surface area contributed by atoms with Crippen LogP contribution in [0.1, 0.15) is 0 Å². The van der Waals surface area contributed by atoms with Gasteiger partial charge in [0.1, 0.15) is 5.75 Å². The van der Waals surface area contributed by atoms with Crippen molar-refractivity contribution in [1.29, 1.82) is 0 Å². The van der Waals surface area contributed by atoms with E-state index in [-0.39, 0.29) is 7.69 Å². The molecule has 0 bridgehead atoms. The summed E-state index contributed by atoms with van der Waals surface area (Å²) in [5.74, 6) is 0.670. The Morgan fingerprint density at radius 1 is 0.643 bits per heavy atom. The maximum Gasteiger partial charge on any atom is 0.504 e. The molecular formula is C24H18BNO2. The van der Waals surface area contributed by atoms with E-state index < -0.39 is 0 Å². The molecule has 0 fully saturated rings. The average Bonchev–Trinajstić information content (AvgIpc) is 3.10. The molecule has 0 unspecified atom stereocenters. The topological polar surface area (TPSA) is 34.4 Å². The molecule has 4 heteroatoms. The van der Waals surface area contributed by atoms with Gasteiger partial charge in [0.25, 0.3) is 0 Å². The molecule has 0 spiro atoms. The predicted molar refractivity (Wildman–Crippen MR) is 116 cm³/mol. The van der Waals surface area contributed by atoms with E-state index >= 15 is 0 Å². The van der Waals surface area contributed by atoms with Gasteiger partial charge < -0.3 is 14.2 Å². The van der Waals surface area contributed by atoms with Gasteiger partial charge in [0.05, 0.1) is 11.0 Å². The number of para-hydroxylation sites is 2. The first-order valence-corrected chi connectivity index (χ1v) is 9.28. The minimum atomic E-state index is -0.354. The summed E-state index contributed by atoms with van der Waals surface area (Å²) in [6.45, 7) is 0. The van der Waals surface area contributed by atoms with Crippen molar-refractivity contribution in [2.24, 2.45) is 0 Å². The second-order valence-corrected chi connectivity index (χ2v) is 6.69. The number of rotatable bonds is 4. The van der Waals surface area contributed by atoms with Crippen LogP contribution in [0.3, 0.4) is 0 Å². The Kier molecular flexibility index (Phi) is 4.11. The van der Waals surface area contributed by atoms with Crippen molar-refractivity contribution >= 4 is 29.5 Å². The van der Waals surface area contributed by atoms with Gasteiger partial charge in [-0.3, -0.25) is 0 Å². The molecule has 0 atom stereocenters. The van der Waals surface area contributed by atoms with Crippen molar-refractivity contribution in [3.63, 3.8) is 0 Å². The first kappa shape index (κ1) is 16.7. The highest BCUT2D eigenvalue weighted by Crippen LogP contribution is 2.37. The lowest BCUT2D eigenvalue weighted by atomic mass is 10.1. The fraction of sp³-hybridized carbons (Fsp3) is 0. The number of hydrogen-bond acceptors (Lipinski definition) is 2. The zero-order valence-electron chi connectivity index (χ0n) is 15.2. The summed E-state index contributed by atoms with van der Waals surface area (Å²) in [6, 6.07) is 33.2. The Morgan fingerprint density at radius 2 is 1.32 bits per heavy atom. The Balaban J connectivity index is 1.75. The van der Waals surface area contributed by atoms with E-state index in [0.717, 1.165) is 27.5 Å². The summed E-state index contributed by atoms with van der Waals surface area (Å²) in [4.78, 5) is 0. The molecule has 1 aromatic heterocycles. The number of hydrogen-bond donors (Lipinski definition) is 1. The van der Waals surface area contributed by atoms with Crippen molar-refractivity contribution in [2.45, 2.75) is 0 Å². The number of nitrogens with zero attached hydrogens (tertiary/aromatic N) is 1. The minimum absolute atomic E-state index is 0.354. The molecular weight excluding hydrogens is 345 g/mol. The Morgan fingerprint density at radius 3 is 2.11 bits per heavy atom. The van der Waals surface area contributed by atoms with Gasteiger partial charge in [0.15, 0.2) is 0 Å². The molecule has 0 aliphatic heterocycles. The number of benzene rings is 4. The van der Waals surface area contributed by atoms with Crippen LogP contribution in [0.5, 0.6) is 5.75 Å².